The maximum absolute atomic E-state index is 13.6. The van der Waals surface area contributed by atoms with E-state index in [2.05, 4.69) is 0 Å². The molecule has 0 aliphatic carbocycles. The Kier molecular flexibility index (Phi) is 5.01. The number of hydrogen-bond donors (Lipinski definition) is 2. The van der Waals surface area contributed by atoms with E-state index in [0.29, 0.717) is 11.3 Å². The van der Waals surface area contributed by atoms with E-state index in [9.17, 15) is 14.3 Å². The van der Waals surface area contributed by atoms with Crippen molar-refractivity contribution in [3.63, 3.8) is 0 Å². The maximum atomic E-state index is 13.6. The SMILES string of the molecule is CCOC(C)(O)c1sc(C/C=C/C(=O)O)cc1F. The van der Waals surface area contributed by atoms with Crippen LogP contribution in [-0.4, -0.2) is 22.8 Å². The van der Waals surface area contributed by atoms with Crippen LogP contribution in [0.3, 0.4) is 0 Å². The van der Waals surface area contributed by atoms with E-state index in [-0.39, 0.29) is 11.5 Å². The van der Waals surface area contributed by atoms with Gasteiger partial charge >= 0.3 is 5.97 Å². The summed E-state index contributed by atoms with van der Waals surface area (Å²) in [6, 6.07) is 1.28. The Morgan fingerprint density at radius 1 is 1.67 bits per heavy atom. The number of thiophene rings is 1. The van der Waals surface area contributed by atoms with Crippen molar-refractivity contribution in [2.24, 2.45) is 0 Å². The van der Waals surface area contributed by atoms with Crippen LogP contribution in [0.1, 0.15) is 23.6 Å². The largest absolute Gasteiger partial charge is 0.478 e. The lowest BCUT2D eigenvalue weighted by molar-refractivity contribution is -0.194. The number of aliphatic carboxylic acids is 1. The molecule has 1 rings (SSSR count). The smallest absolute Gasteiger partial charge is 0.327 e. The topological polar surface area (TPSA) is 66.8 Å². The minimum absolute atomic E-state index is 0.100. The van der Waals surface area contributed by atoms with Crippen LogP contribution >= 0.6 is 11.3 Å². The summed E-state index contributed by atoms with van der Waals surface area (Å²) in [5.41, 5.74) is 0. The van der Waals surface area contributed by atoms with Crippen molar-refractivity contribution < 1.29 is 24.1 Å². The number of aliphatic hydroxyl groups is 1. The zero-order valence-corrected chi connectivity index (χ0v) is 11.0. The molecule has 2 N–H and O–H groups in total. The Labute approximate surface area is 108 Å². The van der Waals surface area contributed by atoms with Crippen LogP contribution in [0, 0.1) is 5.82 Å². The van der Waals surface area contributed by atoms with Crippen molar-refractivity contribution in [3.8, 4) is 0 Å². The molecule has 0 fully saturated rings. The van der Waals surface area contributed by atoms with Gasteiger partial charge in [-0.3, -0.25) is 0 Å². The summed E-state index contributed by atoms with van der Waals surface area (Å²) in [4.78, 5) is 11.0. The number of halogens is 1. The molecule has 1 aromatic heterocycles. The predicted octanol–water partition coefficient (Wildman–Crippen LogP) is 2.27. The van der Waals surface area contributed by atoms with E-state index in [1.54, 1.807) is 6.92 Å². The van der Waals surface area contributed by atoms with Crippen molar-refractivity contribution in [2.45, 2.75) is 26.1 Å². The van der Waals surface area contributed by atoms with Gasteiger partial charge in [-0.1, -0.05) is 6.08 Å². The number of carboxylic acid groups (broad SMARTS) is 1. The van der Waals surface area contributed by atoms with Gasteiger partial charge in [-0.25, -0.2) is 9.18 Å². The summed E-state index contributed by atoms with van der Waals surface area (Å²) in [6.07, 6.45) is 2.72. The third-order valence-corrected chi connectivity index (χ3v) is 3.49. The highest BCUT2D eigenvalue weighted by molar-refractivity contribution is 7.12. The van der Waals surface area contributed by atoms with Crippen LogP contribution in [-0.2, 0) is 21.7 Å². The van der Waals surface area contributed by atoms with Crippen molar-refractivity contribution in [2.75, 3.05) is 6.61 Å². The van der Waals surface area contributed by atoms with Crippen LogP contribution in [0.5, 0.6) is 0 Å². The molecule has 1 atom stereocenters. The minimum atomic E-state index is -1.65. The number of carboxylic acids is 1. The van der Waals surface area contributed by atoms with Gasteiger partial charge in [0, 0.05) is 24.0 Å². The van der Waals surface area contributed by atoms with E-state index in [1.165, 1.54) is 19.1 Å². The lowest BCUT2D eigenvalue weighted by Gasteiger charge is -2.21. The summed E-state index contributed by atoms with van der Waals surface area (Å²) >= 11 is 1.06. The molecule has 18 heavy (non-hydrogen) atoms. The molecular formula is C12H15FO4S. The van der Waals surface area contributed by atoms with Gasteiger partial charge in [0.1, 0.15) is 5.82 Å². The average Bonchev–Trinajstić information content (AvgIpc) is 2.59. The first-order chi connectivity index (χ1) is 8.36. The highest BCUT2D eigenvalue weighted by Crippen LogP contribution is 2.32. The van der Waals surface area contributed by atoms with Gasteiger partial charge in [0.05, 0.1) is 4.88 Å². The molecule has 0 saturated carbocycles. The molecule has 0 bridgehead atoms. The van der Waals surface area contributed by atoms with E-state index >= 15 is 0 Å². The Hall–Kier alpha value is -1.24. The molecule has 100 valence electrons. The van der Waals surface area contributed by atoms with Gasteiger partial charge < -0.3 is 14.9 Å². The third kappa shape index (κ3) is 3.90. The van der Waals surface area contributed by atoms with Gasteiger partial charge in [-0.05, 0) is 19.9 Å². The zero-order chi connectivity index (χ0) is 13.8. The fraction of sp³-hybridized carbons (Fsp3) is 0.417. The van der Waals surface area contributed by atoms with E-state index in [0.717, 1.165) is 17.4 Å². The predicted molar refractivity (Wildman–Crippen MR) is 66.0 cm³/mol. The summed E-state index contributed by atoms with van der Waals surface area (Å²) in [7, 11) is 0. The van der Waals surface area contributed by atoms with Gasteiger partial charge in [-0.2, -0.15) is 0 Å². The van der Waals surface area contributed by atoms with Crippen LogP contribution in [0.4, 0.5) is 4.39 Å². The Morgan fingerprint density at radius 2 is 2.33 bits per heavy atom. The molecule has 0 amide bonds. The van der Waals surface area contributed by atoms with Gasteiger partial charge in [0.2, 0.25) is 5.79 Å². The minimum Gasteiger partial charge on any atom is -0.478 e. The Balaban J connectivity index is 2.85. The average molecular weight is 274 g/mol. The van der Waals surface area contributed by atoms with Crippen LogP contribution < -0.4 is 0 Å². The molecule has 0 aromatic carbocycles. The fourth-order valence-electron chi connectivity index (χ4n) is 1.46. The lowest BCUT2D eigenvalue weighted by Crippen LogP contribution is -2.24. The fourth-order valence-corrected chi connectivity index (χ4v) is 2.46. The van der Waals surface area contributed by atoms with E-state index in [4.69, 9.17) is 9.84 Å². The molecule has 1 aromatic rings. The molecule has 0 aliphatic rings. The Morgan fingerprint density at radius 3 is 2.89 bits per heavy atom. The molecule has 1 heterocycles. The van der Waals surface area contributed by atoms with E-state index < -0.39 is 17.6 Å². The lowest BCUT2D eigenvalue weighted by atomic mass is 10.2. The second-order valence-electron chi connectivity index (χ2n) is 3.75. The Bertz CT molecular complexity index is 451. The van der Waals surface area contributed by atoms with Crippen molar-refractivity contribution >= 4 is 17.3 Å². The molecule has 0 spiro atoms. The van der Waals surface area contributed by atoms with Gasteiger partial charge in [0.15, 0.2) is 0 Å². The zero-order valence-electron chi connectivity index (χ0n) is 10.1. The van der Waals surface area contributed by atoms with Crippen LogP contribution in [0.25, 0.3) is 0 Å². The summed E-state index contributed by atoms with van der Waals surface area (Å²) in [6.45, 7) is 3.34. The summed E-state index contributed by atoms with van der Waals surface area (Å²) in [5.74, 6) is -3.25. The van der Waals surface area contributed by atoms with Crippen molar-refractivity contribution in [1.29, 1.82) is 0 Å². The summed E-state index contributed by atoms with van der Waals surface area (Å²) < 4.78 is 18.7. The molecule has 4 nitrogen and oxygen atoms in total. The van der Waals surface area contributed by atoms with Gasteiger partial charge in [0.25, 0.3) is 0 Å². The molecular weight excluding hydrogens is 259 g/mol. The quantitative estimate of drug-likeness (QED) is 0.617. The number of rotatable bonds is 6. The van der Waals surface area contributed by atoms with Crippen LogP contribution in [0.15, 0.2) is 18.2 Å². The first-order valence-corrected chi connectivity index (χ1v) is 6.23. The number of allylic oxidation sites excluding steroid dienone is 1. The van der Waals surface area contributed by atoms with Crippen LogP contribution in [0.2, 0.25) is 0 Å². The standard InChI is InChI=1S/C12H15FO4S/c1-3-17-12(2,16)11-9(13)7-8(18-11)5-4-6-10(14)15/h4,6-7,16H,3,5H2,1-2H3,(H,14,15)/b6-4+. The normalized spacial score (nSPS) is 14.9. The second kappa shape index (κ2) is 6.08. The molecule has 0 aliphatic heterocycles. The molecule has 0 radical (unpaired) electrons. The molecule has 1 unspecified atom stereocenters. The monoisotopic (exact) mass is 274 g/mol. The number of ether oxygens (including phenoxy) is 1. The third-order valence-electron chi connectivity index (χ3n) is 2.16. The van der Waals surface area contributed by atoms with Crippen molar-refractivity contribution in [3.05, 3.63) is 33.8 Å². The number of hydrogen-bond acceptors (Lipinski definition) is 4. The van der Waals surface area contributed by atoms with Crippen molar-refractivity contribution in [1.82, 2.24) is 0 Å². The molecule has 6 heteroatoms. The highest BCUT2D eigenvalue weighted by Gasteiger charge is 2.29. The first-order valence-electron chi connectivity index (χ1n) is 5.41. The summed E-state index contributed by atoms with van der Waals surface area (Å²) in [5, 5.41) is 18.4. The second-order valence-corrected chi connectivity index (χ2v) is 4.89. The number of carbonyl (C=O) groups is 1. The van der Waals surface area contributed by atoms with E-state index in [1.807, 2.05) is 0 Å². The highest BCUT2D eigenvalue weighted by atomic mass is 32.1. The molecule has 0 saturated heterocycles. The first kappa shape index (κ1) is 14.8. The maximum Gasteiger partial charge on any atom is 0.327 e. The van der Waals surface area contributed by atoms with Gasteiger partial charge in [-0.15, -0.1) is 11.3 Å².